The van der Waals surface area contributed by atoms with Crippen molar-refractivity contribution in [2.24, 2.45) is 0 Å². The standard InChI is InChI=1S/C20H23N3O2/c1-14-7-3-5-9-17(14)15(2)22-20(25)21-13-19(24)23-12-11-16-8-4-6-10-18(16)23/h3-10,15H,11-13H2,1-2H3,(H2,21,22,25). The molecule has 5 heteroatoms. The summed E-state index contributed by atoms with van der Waals surface area (Å²) < 4.78 is 0. The van der Waals surface area contributed by atoms with Crippen LogP contribution in [0.5, 0.6) is 0 Å². The van der Waals surface area contributed by atoms with Crippen molar-refractivity contribution >= 4 is 17.6 Å². The molecule has 0 saturated heterocycles. The van der Waals surface area contributed by atoms with Crippen LogP contribution >= 0.6 is 0 Å². The van der Waals surface area contributed by atoms with Gasteiger partial charge in [0.05, 0.1) is 12.6 Å². The number of rotatable bonds is 4. The van der Waals surface area contributed by atoms with Crippen molar-refractivity contribution in [3.8, 4) is 0 Å². The van der Waals surface area contributed by atoms with E-state index in [1.807, 2.05) is 62.4 Å². The molecule has 1 heterocycles. The van der Waals surface area contributed by atoms with E-state index in [9.17, 15) is 9.59 Å². The minimum atomic E-state index is -0.336. The zero-order chi connectivity index (χ0) is 17.8. The Kier molecular flexibility index (Phi) is 5.03. The highest BCUT2D eigenvalue weighted by atomic mass is 16.2. The van der Waals surface area contributed by atoms with E-state index in [2.05, 4.69) is 10.6 Å². The normalized spacial score (nSPS) is 13.9. The Morgan fingerprint density at radius 3 is 2.64 bits per heavy atom. The maximum atomic E-state index is 12.4. The molecule has 130 valence electrons. The maximum Gasteiger partial charge on any atom is 0.315 e. The molecule has 0 aliphatic carbocycles. The van der Waals surface area contributed by atoms with Crippen LogP contribution in [0.3, 0.4) is 0 Å². The van der Waals surface area contributed by atoms with Crippen molar-refractivity contribution in [1.82, 2.24) is 10.6 Å². The molecule has 2 aromatic rings. The average molecular weight is 337 g/mol. The molecular formula is C20H23N3O2. The van der Waals surface area contributed by atoms with Gasteiger partial charge >= 0.3 is 6.03 Å². The SMILES string of the molecule is Cc1ccccc1C(C)NC(=O)NCC(=O)N1CCc2ccccc21. The summed E-state index contributed by atoms with van der Waals surface area (Å²) in [7, 11) is 0. The van der Waals surface area contributed by atoms with E-state index >= 15 is 0 Å². The van der Waals surface area contributed by atoms with Crippen molar-refractivity contribution in [2.45, 2.75) is 26.3 Å². The molecule has 2 N–H and O–H groups in total. The molecule has 5 nitrogen and oxygen atoms in total. The highest BCUT2D eigenvalue weighted by Gasteiger charge is 2.24. The first kappa shape index (κ1) is 17.0. The molecule has 0 fully saturated rings. The molecule has 0 saturated carbocycles. The van der Waals surface area contributed by atoms with Crippen LogP contribution in [0.1, 0.15) is 29.7 Å². The first-order valence-electron chi connectivity index (χ1n) is 8.54. The number of carbonyl (C=O) groups is 2. The Morgan fingerprint density at radius 2 is 1.84 bits per heavy atom. The molecule has 0 spiro atoms. The summed E-state index contributed by atoms with van der Waals surface area (Å²) in [6.07, 6.45) is 0.860. The minimum absolute atomic E-state index is 0.0132. The molecule has 0 aromatic heterocycles. The number of nitrogens with zero attached hydrogens (tertiary/aromatic N) is 1. The Bertz CT molecular complexity index is 788. The van der Waals surface area contributed by atoms with E-state index in [0.717, 1.165) is 23.2 Å². The topological polar surface area (TPSA) is 61.4 Å². The molecule has 3 amide bonds. The van der Waals surface area contributed by atoms with Gasteiger partial charge in [-0.05, 0) is 43.0 Å². The maximum absolute atomic E-state index is 12.4. The summed E-state index contributed by atoms with van der Waals surface area (Å²) in [6.45, 7) is 4.60. The second kappa shape index (κ2) is 7.38. The van der Waals surface area contributed by atoms with Crippen LogP contribution in [0.25, 0.3) is 0 Å². The Morgan fingerprint density at radius 1 is 1.12 bits per heavy atom. The van der Waals surface area contributed by atoms with Crippen LogP contribution in [0.2, 0.25) is 0 Å². The fraction of sp³-hybridized carbons (Fsp3) is 0.300. The van der Waals surface area contributed by atoms with Crippen LogP contribution in [-0.4, -0.2) is 25.0 Å². The van der Waals surface area contributed by atoms with Crippen LogP contribution in [0, 0.1) is 6.92 Å². The molecule has 1 aliphatic heterocycles. The molecule has 1 unspecified atom stereocenters. The minimum Gasteiger partial charge on any atom is -0.332 e. The number of fused-ring (bicyclic) bond motifs is 1. The molecule has 2 aromatic carbocycles. The van der Waals surface area contributed by atoms with E-state index in [4.69, 9.17) is 0 Å². The zero-order valence-corrected chi connectivity index (χ0v) is 14.6. The second-order valence-electron chi connectivity index (χ2n) is 6.33. The van der Waals surface area contributed by atoms with E-state index in [1.165, 1.54) is 5.56 Å². The number of carbonyl (C=O) groups excluding carboxylic acids is 2. The molecule has 25 heavy (non-hydrogen) atoms. The van der Waals surface area contributed by atoms with Crippen LogP contribution in [0.4, 0.5) is 10.5 Å². The van der Waals surface area contributed by atoms with Gasteiger partial charge in [-0.25, -0.2) is 4.79 Å². The number of amides is 3. The molecule has 3 rings (SSSR count). The Hall–Kier alpha value is -2.82. The molecule has 1 aliphatic rings. The van der Waals surface area contributed by atoms with E-state index in [-0.39, 0.29) is 24.5 Å². The third-order valence-corrected chi connectivity index (χ3v) is 4.59. The van der Waals surface area contributed by atoms with E-state index in [0.29, 0.717) is 6.54 Å². The fourth-order valence-corrected chi connectivity index (χ4v) is 3.25. The lowest BCUT2D eigenvalue weighted by Crippen LogP contribution is -2.44. The lowest BCUT2D eigenvalue weighted by Gasteiger charge is -2.19. The second-order valence-corrected chi connectivity index (χ2v) is 6.33. The monoisotopic (exact) mass is 337 g/mol. The number of urea groups is 1. The summed E-state index contributed by atoms with van der Waals surface area (Å²) in [5, 5.41) is 5.55. The lowest BCUT2D eigenvalue weighted by molar-refractivity contribution is -0.117. The van der Waals surface area contributed by atoms with Gasteiger partial charge in [-0.1, -0.05) is 42.5 Å². The summed E-state index contributed by atoms with van der Waals surface area (Å²) >= 11 is 0. The molecule has 0 radical (unpaired) electrons. The third-order valence-electron chi connectivity index (χ3n) is 4.59. The van der Waals surface area contributed by atoms with Gasteiger partial charge in [-0.2, -0.15) is 0 Å². The highest BCUT2D eigenvalue weighted by molar-refractivity contribution is 5.98. The summed E-state index contributed by atoms with van der Waals surface area (Å²) in [4.78, 5) is 26.3. The highest BCUT2D eigenvalue weighted by Crippen LogP contribution is 2.27. The first-order valence-corrected chi connectivity index (χ1v) is 8.54. The van der Waals surface area contributed by atoms with Gasteiger partial charge in [-0.15, -0.1) is 0 Å². The summed E-state index contributed by atoms with van der Waals surface area (Å²) in [5.74, 6) is -0.0938. The summed E-state index contributed by atoms with van der Waals surface area (Å²) in [5.41, 5.74) is 4.31. The number of para-hydroxylation sites is 1. The van der Waals surface area contributed by atoms with Gasteiger partial charge in [-0.3, -0.25) is 4.79 Å². The molecule has 0 bridgehead atoms. The first-order chi connectivity index (χ1) is 12.1. The van der Waals surface area contributed by atoms with E-state index < -0.39 is 0 Å². The van der Waals surface area contributed by atoms with Crippen LogP contribution in [0.15, 0.2) is 48.5 Å². The number of nitrogens with one attached hydrogen (secondary N) is 2. The van der Waals surface area contributed by atoms with Crippen molar-refractivity contribution < 1.29 is 9.59 Å². The van der Waals surface area contributed by atoms with Crippen molar-refractivity contribution in [3.63, 3.8) is 0 Å². The zero-order valence-electron chi connectivity index (χ0n) is 14.6. The Labute approximate surface area is 148 Å². The lowest BCUT2D eigenvalue weighted by atomic mass is 10.0. The predicted octanol–water partition coefficient (Wildman–Crippen LogP) is 2.94. The average Bonchev–Trinajstić information content (AvgIpc) is 3.04. The van der Waals surface area contributed by atoms with E-state index in [1.54, 1.807) is 4.90 Å². The molecule has 1 atom stereocenters. The van der Waals surface area contributed by atoms with Gasteiger partial charge in [0.15, 0.2) is 0 Å². The quantitative estimate of drug-likeness (QED) is 0.901. The number of benzene rings is 2. The third kappa shape index (κ3) is 3.82. The van der Waals surface area contributed by atoms with Crippen molar-refractivity contribution in [3.05, 3.63) is 65.2 Å². The predicted molar refractivity (Wildman–Crippen MR) is 98.6 cm³/mol. The van der Waals surface area contributed by atoms with Gasteiger partial charge in [0.1, 0.15) is 0 Å². The number of anilines is 1. The number of hydrogen-bond donors (Lipinski definition) is 2. The van der Waals surface area contributed by atoms with Gasteiger partial charge < -0.3 is 15.5 Å². The van der Waals surface area contributed by atoms with Gasteiger partial charge in [0.2, 0.25) is 5.91 Å². The van der Waals surface area contributed by atoms with Crippen LogP contribution in [-0.2, 0) is 11.2 Å². The largest absolute Gasteiger partial charge is 0.332 e. The number of hydrogen-bond acceptors (Lipinski definition) is 2. The van der Waals surface area contributed by atoms with Crippen LogP contribution < -0.4 is 15.5 Å². The summed E-state index contributed by atoms with van der Waals surface area (Å²) in [6, 6.07) is 15.4. The number of aryl methyl sites for hydroxylation is 1. The van der Waals surface area contributed by atoms with Gasteiger partial charge in [0.25, 0.3) is 0 Å². The Balaban J connectivity index is 1.53. The molecular weight excluding hydrogens is 314 g/mol. The fourth-order valence-electron chi connectivity index (χ4n) is 3.25. The smallest absolute Gasteiger partial charge is 0.315 e. The van der Waals surface area contributed by atoms with Crippen molar-refractivity contribution in [1.29, 1.82) is 0 Å². The van der Waals surface area contributed by atoms with Crippen molar-refractivity contribution in [2.75, 3.05) is 18.0 Å². The van der Waals surface area contributed by atoms with Gasteiger partial charge in [0, 0.05) is 12.2 Å².